The number of carbonyl (C=O) groups is 1. The number of fused-ring (bicyclic) bond motifs is 1. The van der Waals surface area contributed by atoms with Crippen LogP contribution in [0.2, 0.25) is 0 Å². The SMILES string of the molecule is COCCNCNC(=O)c1cc(F)cc2c1C(=N)C(c1ncnn1C)CN2. The minimum absolute atomic E-state index is 0.114. The summed E-state index contributed by atoms with van der Waals surface area (Å²) in [5.41, 5.74) is 1.13. The first kappa shape index (κ1) is 18.9. The zero-order valence-corrected chi connectivity index (χ0v) is 15.2. The molecule has 3 rings (SSSR count). The van der Waals surface area contributed by atoms with Crippen LogP contribution in [0.3, 0.4) is 0 Å². The van der Waals surface area contributed by atoms with Crippen LogP contribution in [0.1, 0.15) is 27.7 Å². The maximum atomic E-state index is 14.0. The molecular weight excluding hydrogens is 353 g/mol. The predicted molar refractivity (Wildman–Crippen MR) is 97.7 cm³/mol. The molecule has 1 aromatic heterocycles. The lowest BCUT2D eigenvalue weighted by atomic mass is 9.87. The molecule has 2 heterocycles. The zero-order chi connectivity index (χ0) is 19.4. The summed E-state index contributed by atoms with van der Waals surface area (Å²) in [6.07, 6.45) is 1.42. The molecule has 0 fully saturated rings. The second-order valence-electron chi connectivity index (χ2n) is 6.14. The Balaban J connectivity index is 1.85. The van der Waals surface area contributed by atoms with Crippen molar-refractivity contribution in [1.29, 1.82) is 5.41 Å². The summed E-state index contributed by atoms with van der Waals surface area (Å²) >= 11 is 0. The summed E-state index contributed by atoms with van der Waals surface area (Å²) < 4.78 is 20.5. The number of halogens is 1. The van der Waals surface area contributed by atoms with Crippen molar-refractivity contribution in [2.24, 2.45) is 7.05 Å². The average molecular weight is 375 g/mol. The number of aryl methyl sites for hydroxylation is 1. The Bertz CT molecular complexity index is 852. The van der Waals surface area contributed by atoms with Gasteiger partial charge >= 0.3 is 0 Å². The minimum atomic E-state index is -0.538. The fourth-order valence-electron chi connectivity index (χ4n) is 3.05. The van der Waals surface area contributed by atoms with Gasteiger partial charge in [0.15, 0.2) is 0 Å². The van der Waals surface area contributed by atoms with Gasteiger partial charge in [0.25, 0.3) is 5.91 Å². The summed E-state index contributed by atoms with van der Waals surface area (Å²) in [5.74, 6) is -0.776. The third-order valence-corrected chi connectivity index (χ3v) is 4.38. The van der Waals surface area contributed by atoms with E-state index in [1.54, 1.807) is 18.8 Å². The Morgan fingerprint density at radius 1 is 1.52 bits per heavy atom. The number of hydrogen-bond acceptors (Lipinski definition) is 7. The maximum Gasteiger partial charge on any atom is 0.253 e. The Morgan fingerprint density at radius 2 is 2.33 bits per heavy atom. The lowest BCUT2D eigenvalue weighted by Crippen LogP contribution is -2.37. The van der Waals surface area contributed by atoms with Crippen molar-refractivity contribution < 1.29 is 13.9 Å². The topological polar surface area (TPSA) is 117 Å². The van der Waals surface area contributed by atoms with E-state index in [0.29, 0.717) is 36.8 Å². The molecule has 1 unspecified atom stereocenters. The van der Waals surface area contributed by atoms with Crippen LogP contribution in [0, 0.1) is 11.2 Å². The lowest BCUT2D eigenvalue weighted by Gasteiger charge is -2.28. The van der Waals surface area contributed by atoms with Crippen LogP contribution in [0.4, 0.5) is 10.1 Å². The molecule has 1 aliphatic rings. The number of anilines is 1. The van der Waals surface area contributed by atoms with E-state index in [9.17, 15) is 9.18 Å². The van der Waals surface area contributed by atoms with Crippen LogP contribution in [0.25, 0.3) is 0 Å². The van der Waals surface area contributed by atoms with E-state index >= 15 is 0 Å². The van der Waals surface area contributed by atoms with Gasteiger partial charge in [0.1, 0.15) is 18.0 Å². The van der Waals surface area contributed by atoms with Crippen LogP contribution in [-0.4, -0.2) is 59.9 Å². The lowest BCUT2D eigenvalue weighted by molar-refractivity contribution is 0.0948. The van der Waals surface area contributed by atoms with Crippen molar-refractivity contribution in [3.05, 3.63) is 41.2 Å². The van der Waals surface area contributed by atoms with E-state index in [0.717, 1.165) is 6.07 Å². The van der Waals surface area contributed by atoms with Crippen molar-refractivity contribution in [2.45, 2.75) is 5.92 Å². The van der Waals surface area contributed by atoms with Gasteiger partial charge in [-0.05, 0) is 12.1 Å². The van der Waals surface area contributed by atoms with Gasteiger partial charge in [-0.15, -0.1) is 0 Å². The van der Waals surface area contributed by atoms with E-state index in [1.807, 2.05) is 0 Å². The highest BCUT2D eigenvalue weighted by molar-refractivity contribution is 6.16. The molecule has 10 heteroatoms. The number of amides is 1. The quantitative estimate of drug-likeness (QED) is 0.413. The number of nitrogens with zero attached hydrogens (tertiary/aromatic N) is 3. The molecule has 0 saturated heterocycles. The Hall–Kier alpha value is -2.85. The molecule has 1 aromatic carbocycles. The highest BCUT2D eigenvalue weighted by Gasteiger charge is 2.32. The van der Waals surface area contributed by atoms with Crippen LogP contribution >= 0.6 is 0 Å². The van der Waals surface area contributed by atoms with Gasteiger partial charge in [-0.1, -0.05) is 0 Å². The molecule has 1 atom stereocenters. The number of carbonyl (C=O) groups excluding carboxylic acids is 1. The van der Waals surface area contributed by atoms with Crippen LogP contribution in [-0.2, 0) is 11.8 Å². The summed E-state index contributed by atoms with van der Waals surface area (Å²) in [5, 5.41) is 21.4. The van der Waals surface area contributed by atoms with E-state index in [4.69, 9.17) is 10.1 Å². The number of methoxy groups -OCH3 is 1. The largest absolute Gasteiger partial charge is 0.383 e. The van der Waals surface area contributed by atoms with Gasteiger partial charge in [0.05, 0.1) is 30.5 Å². The number of hydrogen-bond donors (Lipinski definition) is 4. The smallest absolute Gasteiger partial charge is 0.253 e. The molecule has 144 valence electrons. The van der Waals surface area contributed by atoms with Crippen molar-refractivity contribution in [3.63, 3.8) is 0 Å². The number of benzene rings is 1. The van der Waals surface area contributed by atoms with Gasteiger partial charge < -0.3 is 20.8 Å². The normalized spacial score (nSPS) is 16.0. The highest BCUT2D eigenvalue weighted by atomic mass is 19.1. The third kappa shape index (κ3) is 3.96. The van der Waals surface area contributed by atoms with Crippen LogP contribution in [0.15, 0.2) is 18.5 Å². The first-order chi connectivity index (χ1) is 13.0. The van der Waals surface area contributed by atoms with Crippen molar-refractivity contribution in [3.8, 4) is 0 Å². The van der Waals surface area contributed by atoms with Crippen molar-refractivity contribution in [2.75, 3.05) is 38.8 Å². The molecule has 1 amide bonds. The second kappa shape index (κ2) is 8.23. The molecule has 2 aromatic rings. The fourth-order valence-corrected chi connectivity index (χ4v) is 3.05. The van der Waals surface area contributed by atoms with Crippen LogP contribution < -0.4 is 16.0 Å². The number of rotatable bonds is 7. The third-order valence-electron chi connectivity index (χ3n) is 4.38. The minimum Gasteiger partial charge on any atom is -0.383 e. The van der Waals surface area contributed by atoms with Crippen molar-refractivity contribution >= 4 is 17.3 Å². The summed E-state index contributed by atoms with van der Waals surface area (Å²) in [6.45, 7) is 1.67. The molecule has 0 saturated carbocycles. The Kier molecular flexibility index (Phi) is 5.77. The molecule has 0 bridgehead atoms. The standard InChI is InChI=1S/C17H22FN7O2/c1-25-16(22-9-24-25)12-7-21-13-6-10(18)5-11(14(13)15(12)19)17(26)23-8-20-3-4-27-2/h5-6,9,12,19-21H,3-4,7-8H2,1-2H3,(H,23,26). The van der Waals surface area contributed by atoms with Gasteiger partial charge in [0.2, 0.25) is 0 Å². The summed E-state index contributed by atoms with van der Waals surface area (Å²) in [6, 6.07) is 2.45. The first-order valence-electron chi connectivity index (χ1n) is 8.51. The fraction of sp³-hybridized carbons (Fsp3) is 0.412. The van der Waals surface area contributed by atoms with Crippen LogP contribution in [0.5, 0.6) is 0 Å². The molecule has 27 heavy (non-hydrogen) atoms. The zero-order valence-electron chi connectivity index (χ0n) is 15.2. The molecular formula is C17H22FN7O2. The Morgan fingerprint density at radius 3 is 3.04 bits per heavy atom. The number of aromatic nitrogens is 3. The number of ether oxygens (including phenoxy) is 1. The van der Waals surface area contributed by atoms with E-state index in [1.165, 1.54) is 12.4 Å². The second-order valence-corrected chi connectivity index (χ2v) is 6.14. The monoisotopic (exact) mass is 375 g/mol. The highest BCUT2D eigenvalue weighted by Crippen LogP contribution is 2.32. The average Bonchev–Trinajstić information content (AvgIpc) is 3.06. The van der Waals surface area contributed by atoms with E-state index < -0.39 is 11.7 Å². The van der Waals surface area contributed by atoms with Gasteiger partial charge in [-0.2, -0.15) is 5.10 Å². The van der Waals surface area contributed by atoms with E-state index in [-0.39, 0.29) is 23.9 Å². The molecule has 9 nitrogen and oxygen atoms in total. The molecule has 4 N–H and O–H groups in total. The van der Waals surface area contributed by atoms with Gasteiger partial charge in [0, 0.05) is 38.5 Å². The predicted octanol–water partition coefficient (Wildman–Crippen LogP) is 0.455. The summed E-state index contributed by atoms with van der Waals surface area (Å²) in [7, 11) is 3.33. The van der Waals surface area contributed by atoms with E-state index in [2.05, 4.69) is 26.0 Å². The van der Waals surface area contributed by atoms with Gasteiger partial charge in [-0.3, -0.25) is 14.8 Å². The maximum absolute atomic E-state index is 14.0. The molecule has 0 radical (unpaired) electrons. The van der Waals surface area contributed by atoms with Crippen molar-refractivity contribution in [1.82, 2.24) is 25.4 Å². The number of nitrogens with one attached hydrogen (secondary N) is 4. The molecule has 0 aliphatic carbocycles. The summed E-state index contributed by atoms with van der Waals surface area (Å²) in [4.78, 5) is 16.8. The first-order valence-corrected chi connectivity index (χ1v) is 8.51. The Labute approximate surface area is 155 Å². The molecule has 1 aliphatic heterocycles. The molecule has 0 spiro atoms. The van der Waals surface area contributed by atoms with Gasteiger partial charge in [-0.25, -0.2) is 9.37 Å².